The van der Waals surface area contributed by atoms with Crippen molar-refractivity contribution in [2.24, 2.45) is 0 Å². The summed E-state index contributed by atoms with van der Waals surface area (Å²) in [6, 6.07) is 26.1. The van der Waals surface area contributed by atoms with Crippen molar-refractivity contribution in [1.82, 2.24) is 10.2 Å². The van der Waals surface area contributed by atoms with Crippen molar-refractivity contribution >= 4 is 56.5 Å². The van der Waals surface area contributed by atoms with Gasteiger partial charge in [-0.1, -0.05) is 84.6 Å². The van der Waals surface area contributed by atoms with Gasteiger partial charge in [0.1, 0.15) is 23.4 Å². The molecule has 232 valence electrons. The Hall–Kier alpha value is -4.67. The maximum absolute atomic E-state index is 13.8. The molecule has 5 aromatic rings. The lowest BCUT2D eigenvalue weighted by Crippen LogP contribution is -2.29. The van der Waals surface area contributed by atoms with Crippen LogP contribution in [0, 0.1) is 0 Å². The minimum atomic E-state index is -0.933. The van der Waals surface area contributed by atoms with Crippen LogP contribution in [0.5, 0.6) is 11.5 Å². The molecule has 0 radical (unpaired) electrons. The van der Waals surface area contributed by atoms with E-state index in [1.165, 1.54) is 38.9 Å². The molecule has 0 saturated carbocycles. The number of ketones is 1. The van der Waals surface area contributed by atoms with Crippen LogP contribution in [0.15, 0.2) is 94.8 Å². The fourth-order valence-corrected chi connectivity index (χ4v) is 7.85. The van der Waals surface area contributed by atoms with Crippen LogP contribution in [-0.4, -0.2) is 39.7 Å². The molecule has 1 amide bonds. The molecule has 2 aliphatic heterocycles. The van der Waals surface area contributed by atoms with E-state index in [4.69, 9.17) is 9.47 Å². The molecule has 1 fully saturated rings. The van der Waals surface area contributed by atoms with Gasteiger partial charge in [0.25, 0.3) is 5.78 Å². The van der Waals surface area contributed by atoms with Gasteiger partial charge in [0.05, 0.1) is 18.2 Å². The number of nitrogens with zero attached hydrogens (tertiary/aromatic N) is 3. The van der Waals surface area contributed by atoms with E-state index >= 15 is 0 Å². The van der Waals surface area contributed by atoms with Gasteiger partial charge in [-0.3, -0.25) is 14.5 Å². The number of carbonyl (C=O) groups excluding carboxylic acids is 2. The van der Waals surface area contributed by atoms with Crippen molar-refractivity contribution in [3.05, 3.63) is 113 Å². The Bertz CT molecular complexity index is 2000. The first-order valence-corrected chi connectivity index (χ1v) is 17.0. The number of hydrogen-bond acceptors (Lipinski definition) is 9. The number of aliphatic hydroxyl groups is 1. The smallest absolute Gasteiger partial charge is 0.301 e. The zero-order valence-corrected chi connectivity index (χ0v) is 26.9. The first-order valence-electron chi connectivity index (χ1n) is 15.2. The molecule has 2 atom stereocenters. The number of benzene rings is 4. The van der Waals surface area contributed by atoms with Gasteiger partial charge < -0.3 is 14.6 Å². The Morgan fingerprint density at radius 2 is 1.87 bits per heavy atom. The van der Waals surface area contributed by atoms with Gasteiger partial charge >= 0.3 is 5.91 Å². The Kier molecular flexibility index (Phi) is 8.23. The lowest BCUT2D eigenvalue weighted by molar-refractivity contribution is -0.132. The topological polar surface area (TPSA) is 102 Å². The highest BCUT2D eigenvalue weighted by molar-refractivity contribution is 8.00. The molecule has 0 unspecified atom stereocenters. The third-order valence-corrected chi connectivity index (χ3v) is 10.2. The number of aromatic nitrogens is 2. The molecular weight excluding hydrogens is 619 g/mol. The average Bonchev–Trinajstić information content (AvgIpc) is 3.77. The molecular formula is C36H31N3O5S2. The minimum Gasteiger partial charge on any atom is -0.507 e. The van der Waals surface area contributed by atoms with E-state index in [1.807, 2.05) is 62.4 Å². The van der Waals surface area contributed by atoms with E-state index in [0.29, 0.717) is 40.0 Å². The summed E-state index contributed by atoms with van der Waals surface area (Å²) in [7, 11) is 0. The summed E-state index contributed by atoms with van der Waals surface area (Å²) in [4.78, 5) is 28.9. The van der Waals surface area contributed by atoms with Gasteiger partial charge in [-0.05, 0) is 71.1 Å². The number of thioether (sulfide) groups is 1. The van der Waals surface area contributed by atoms with E-state index in [2.05, 4.69) is 34.5 Å². The molecule has 8 nitrogen and oxygen atoms in total. The summed E-state index contributed by atoms with van der Waals surface area (Å²) in [6.07, 6.45) is 1.54. The number of carbonyl (C=O) groups is 2. The van der Waals surface area contributed by atoms with E-state index in [1.54, 1.807) is 12.1 Å². The Morgan fingerprint density at radius 1 is 1.04 bits per heavy atom. The standard InChI is InChI=1S/C36H31N3O5S2/c1-3-16-43-27-12-7-10-23(19-27)31-30(32(40)24-14-15-29-26(18-24)17-21(2)44-29)33(41)34(42)39(31)35-37-38-36(46-35)45-20-25-11-6-9-22-8-4-5-13-28(22)25/h4-15,18-19,21,31,40H,3,16-17,20H2,1-2H3/t21-,31+/m0/s1. The molecule has 4 aromatic carbocycles. The van der Waals surface area contributed by atoms with Crippen LogP contribution < -0.4 is 14.4 Å². The fourth-order valence-electron chi connectivity index (χ4n) is 5.98. The van der Waals surface area contributed by atoms with Crippen LogP contribution in [0.2, 0.25) is 0 Å². The number of hydrogen-bond donors (Lipinski definition) is 1. The van der Waals surface area contributed by atoms with Crippen molar-refractivity contribution in [2.45, 2.75) is 48.9 Å². The third kappa shape index (κ3) is 5.63. The summed E-state index contributed by atoms with van der Waals surface area (Å²) in [5.41, 5.74) is 3.16. The van der Waals surface area contributed by atoms with Crippen molar-refractivity contribution in [3.8, 4) is 11.5 Å². The maximum Gasteiger partial charge on any atom is 0.301 e. The van der Waals surface area contributed by atoms with Crippen LogP contribution in [0.25, 0.3) is 16.5 Å². The number of Topliss-reactive ketones (excluding diaryl/α,β-unsaturated/α-hetero) is 1. The Balaban J connectivity index is 1.26. The third-order valence-electron chi connectivity index (χ3n) is 8.09. The van der Waals surface area contributed by atoms with Crippen LogP contribution in [0.3, 0.4) is 0 Å². The summed E-state index contributed by atoms with van der Waals surface area (Å²) < 4.78 is 12.4. The van der Waals surface area contributed by atoms with Crippen molar-refractivity contribution in [1.29, 1.82) is 0 Å². The summed E-state index contributed by atoms with van der Waals surface area (Å²) in [5.74, 6) is 0.221. The molecule has 3 heterocycles. The zero-order chi connectivity index (χ0) is 31.8. The lowest BCUT2D eigenvalue weighted by Gasteiger charge is -2.23. The van der Waals surface area contributed by atoms with Gasteiger partial charge in [-0.15, -0.1) is 10.2 Å². The fraction of sp³-hybridized carbons (Fsp3) is 0.222. The van der Waals surface area contributed by atoms with Gasteiger partial charge in [0.15, 0.2) is 4.34 Å². The molecule has 10 heteroatoms. The summed E-state index contributed by atoms with van der Waals surface area (Å²) >= 11 is 2.77. The average molecular weight is 650 g/mol. The number of ether oxygens (including phenoxy) is 2. The van der Waals surface area contributed by atoms with Gasteiger partial charge in [-0.25, -0.2) is 0 Å². The summed E-state index contributed by atoms with van der Waals surface area (Å²) in [6.45, 7) is 4.52. The maximum atomic E-state index is 13.8. The highest BCUT2D eigenvalue weighted by atomic mass is 32.2. The van der Waals surface area contributed by atoms with Crippen LogP contribution in [0.1, 0.15) is 48.6 Å². The predicted molar refractivity (Wildman–Crippen MR) is 181 cm³/mol. The molecule has 0 aliphatic carbocycles. The normalized spacial score (nSPS) is 18.6. The Labute approximate surface area is 274 Å². The van der Waals surface area contributed by atoms with E-state index in [0.717, 1.165) is 23.1 Å². The molecule has 1 saturated heterocycles. The molecule has 0 bridgehead atoms. The minimum absolute atomic E-state index is 0.00952. The molecule has 7 rings (SSSR count). The van der Waals surface area contributed by atoms with E-state index in [9.17, 15) is 14.7 Å². The quantitative estimate of drug-likeness (QED) is 0.0570. The summed E-state index contributed by atoms with van der Waals surface area (Å²) in [5, 5.41) is 23.1. The zero-order valence-electron chi connectivity index (χ0n) is 25.3. The van der Waals surface area contributed by atoms with Crippen LogP contribution in [0.4, 0.5) is 5.13 Å². The number of fused-ring (bicyclic) bond motifs is 2. The number of amides is 1. The second-order valence-corrected chi connectivity index (χ2v) is 13.5. The van der Waals surface area contributed by atoms with Crippen molar-refractivity contribution in [2.75, 3.05) is 11.5 Å². The van der Waals surface area contributed by atoms with Gasteiger partial charge in [-0.2, -0.15) is 0 Å². The van der Waals surface area contributed by atoms with Crippen LogP contribution in [-0.2, 0) is 21.8 Å². The Morgan fingerprint density at radius 3 is 2.74 bits per heavy atom. The largest absolute Gasteiger partial charge is 0.507 e. The van der Waals surface area contributed by atoms with Crippen molar-refractivity contribution in [3.63, 3.8) is 0 Å². The van der Waals surface area contributed by atoms with Gasteiger partial charge in [0.2, 0.25) is 5.13 Å². The second-order valence-electron chi connectivity index (χ2n) is 11.3. The second kappa shape index (κ2) is 12.6. The van der Waals surface area contributed by atoms with Gasteiger partial charge in [0, 0.05) is 17.7 Å². The van der Waals surface area contributed by atoms with Crippen LogP contribution >= 0.6 is 23.1 Å². The number of aliphatic hydroxyl groups excluding tert-OH is 1. The highest BCUT2D eigenvalue weighted by Crippen LogP contribution is 2.45. The molecule has 0 spiro atoms. The number of anilines is 1. The highest BCUT2D eigenvalue weighted by Gasteiger charge is 2.48. The molecule has 46 heavy (non-hydrogen) atoms. The van der Waals surface area contributed by atoms with E-state index < -0.39 is 17.7 Å². The monoisotopic (exact) mass is 649 g/mol. The predicted octanol–water partition coefficient (Wildman–Crippen LogP) is 7.72. The number of rotatable bonds is 9. The first-order chi connectivity index (χ1) is 22.4. The van der Waals surface area contributed by atoms with E-state index in [-0.39, 0.29) is 22.6 Å². The SMILES string of the molecule is CCCOc1cccc([C@@H]2C(=C(O)c3ccc4c(c3)C[C@H](C)O4)C(=O)C(=O)N2c2nnc(SCc3cccc4ccccc34)s2)c1. The molecule has 1 N–H and O–H groups in total. The molecule has 2 aliphatic rings. The first kappa shape index (κ1) is 30.0. The van der Waals surface area contributed by atoms with Crippen molar-refractivity contribution < 1.29 is 24.2 Å². The molecule has 1 aromatic heterocycles. The lowest BCUT2D eigenvalue weighted by atomic mass is 9.94.